The lowest BCUT2D eigenvalue weighted by Crippen LogP contribution is -2.48. The van der Waals surface area contributed by atoms with Crippen molar-refractivity contribution < 1.29 is 4.79 Å². The van der Waals surface area contributed by atoms with Crippen LogP contribution < -0.4 is 5.32 Å². The molecule has 1 heterocycles. The molecule has 1 amide bonds. The molecule has 1 aliphatic carbocycles. The molecule has 6 nitrogen and oxygen atoms in total. The second kappa shape index (κ2) is 5.87. The zero-order chi connectivity index (χ0) is 15.6. The van der Waals surface area contributed by atoms with Gasteiger partial charge in [0.2, 0.25) is 5.91 Å². The highest BCUT2D eigenvalue weighted by Gasteiger charge is 2.40. The van der Waals surface area contributed by atoms with E-state index in [-0.39, 0.29) is 5.91 Å². The predicted octanol–water partition coefficient (Wildman–Crippen LogP) is 2.27. The van der Waals surface area contributed by atoms with Gasteiger partial charge in [-0.1, -0.05) is 37.5 Å². The first-order valence-electron chi connectivity index (χ1n) is 7.76. The van der Waals surface area contributed by atoms with Crippen molar-refractivity contribution in [3.05, 3.63) is 35.7 Å². The van der Waals surface area contributed by atoms with Crippen molar-refractivity contribution in [3.8, 4) is 5.69 Å². The summed E-state index contributed by atoms with van der Waals surface area (Å²) in [7, 11) is 0. The van der Waals surface area contributed by atoms with Gasteiger partial charge in [0.05, 0.1) is 5.69 Å². The summed E-state index contributed by atoms with van der Waals surface area (Å²) in [6.45, 7) is 3.59. The van der Waals surface area contributed by atoms with Crippen LogP contribution in [0.5, 0.6) is 0 Å². The Bertz CT molecular complexity index is 673. The normalized spacial score (nSPS) is 17.2. The molecule has 1 fully saturated rings. The molecule has 2 aromatic rings. The second-order valence-electron chi connectivity index (χ2n) is 6.02. The third-order valence-electron chi connectivity index (χ3n) is 4.36. The number of benzene rings is 1. The molecule has 3 rings (SSSR count). The minimum absolute atomic E-state index is 0.0405. The Kier molecular flexibility index (Phi) is 3.92. The van der Waals surface area contributed by atoms with Gasteiger partial charge in [0.25, 0.3) is 0 Å². The molecular formula is C16H21N5O. The molecule has 116 valence electrons. The van der Waals surface area contributed by atoms with Crippen LogP contribution in [0.15, 0.2) is 24.3 Å². The number of aromatic nitrogens is 4. The number of aryl methyl sites for hydroxylation is 1. The third kappa shape index (κ3) is 2.61. The van der Waals surface area contributed by atoms with Gasteiger partial charge in [0.15, 0.2) is 5.82 Å². The number of nitrogens with zero attached hydrogens (tertiary/aromatic N) is 4. The number of para-hydroxylation sites is 1. The van der Waals surface area contributed by atoms with Crippen LogP contribution in [-0.2, 0) is 10.3 Å². The van der Waals surface area contributed by atoms with Crippen molar-refractivity contribution in [1.82, 2.24) is 25.5 Å². The van der Waals surface area contributed by atoms with Gasteiger partial charge < -0.3 is 5.32 Å². The molecule has 0 saturated heterocycles. The summed E-state index contributed by atoms with van der Waals surface area (Å²) in [6, 6.07) is 8.00. The van der Waals surface area contributed by atoms with Crippen LogP contribution in [-0.4, -0.2) is 26.1 Å². The molecular weight excluding hydrogens is 278 g/mol. The van der Waals surface area contributed by atoms with Crippen LogP contribution >= 0.6 is 0 Å². The number of carbonyl (C=O) groups is 1. The average molecular weight is 299 g/mol. The lowest BCUT2D eigenvalue weighted by atomic mass is 9.80. The van der Waals surface area contributed by atoms with Crippen LogP contribution in [0.4, 0.5) is 0 Å². The van der Waals surface area contributed by atoms with Crippen LogP contribution in [0, 0.1) is 6.92 Å². The van der Waals surface area contributed by atoms with Crippen molar-refractivity contribution >= 4 is 5.91 Å². The topological polar surface area (TPSA) is 72.7 Å². The number of hydrogen-bond donors (Lipinski definition) is 1. The van der Waals surface area contributed by atoms with E-state index in [4.69, 9.17) is 0 Å². The number of amides is 1. The van der Waals surface area contributed by atoms with Gasteiger partial charge in [-0.05, 0) is 41.8 Å². The van der Waals surface area contributed by atoms with Crippen molar-refractivity contribution in [2.24, 2.45) is 0 Å². The highest BCUT2D eigenvalue weighted by molar-refractivity contribution is 5.74. The smallest absolute Gasteiger partial charge is 0.217 e. The van der Waals surface area contributed by atoms with E-state index >= 15 is 0 Å². The molecule has 6 heteroatoms. The quantitative estimate of drug-likeness (QED) is 0.943. The number of tetrazole rings is 1. The molecule has 22 heavy (non-hydrogen) atoms. The minimum atomic E-state index is -0.462. The van der Waals surface area contributed by atoms with E-state index in [1.165, 1.54) is 6.42 Å². The molecule has 0 spiro atoms. The fourth-order valence-corrected chi connectivity index (χ4v) is 3.35. The van der Waals surface area contributed by atoms with E-state index in [1.807, 2.05) is 31.2 Å². The SMILES string of the molecule is CC(=O)NC1(c2nnnn2-c2ccccc2C)CCCCC1. The van der Waals surface area contributed by atoms with Gasteiger partial charge in [-0.2, -0.15) is 4.68 Å². The van der Waals surface area contributed by atoms with Gasteiger partial charge in [-0.25, -0.2) is 0 Å². The first kappa shape index (κ1) is 14.7. The highest BCUT2D eigenvalue weighted by atomic mass is 16.1. The van der Waals surface area contributed by atoms with Crippen molar-refractivity contribution in [1.29, 1.82) is 0 Å². The van der Waals surface area contributed by atoms with Crippen LogP contribution in [0.3, 0.4) is 0 Å². The van der Waals surface area contributed by atoms with Gasteiger partial charge in [-0.3, -0.25) is 4.79 Å². The summed E-state index contributed by atoms with van der Waals surface area (Å²) >= 11 is 0. The van der Waals surface area contributed by atoms with E-state index in [2.05, 4.69) is 20.8 Å². The van der Waals surface area contributed by atoms with Crippen molar-refractivity contribution in [2.45, 2.75) is 51.5 Å². The van der Waals surface area contributed by atoms with E-state index in [0.29, 0.717) is 0 Å². The Morgan fingerprint density at radius 1 is 1.23 bits per heavy atom. The fourth-order valence-electron chi connectivity index (χ4n) is 3.35. The van der Waals surface area contributed by atoms with Gasteiger partial charge in [0, 0.05) is 6.92 Å². The average Bonchev–Trinajstić information content (AvgIpc) is 2.98. The lowest BCUT2D eigenvalue weighted by Gasteiger charge is -2.36. The number of hydrogen-bond acceptors (Lipinski definition) is 4. The first-order valence-corrected chi connectivity index (χ1v) is 7.76. The Balaban J connectivity index is 2.09. The molecule has 0 unspecified atom stereocenters. The Morgan fingerprint density at radius 3 is 2.64 bits per heavy atom. The Hall–Kier alpha value is -2.24. The predicted molar refractivity (Wildman–Crippen MR) is 82.5 cm³/mol. The van der Waals surface area contributed by atoms with Crippen molar-refractivity contribution in [3.63, 3.8) is 0 Å². The maximum atomic E-state index is 11.7. The number of rotatable bonds is 3. The van der Waals surface area contributed by atoms with Crippen molar-refractivity contribution in [2.75, 3.05) is 0 Å². The third-order valence-corrected chi connectivity index (χ3v) is 4.36. The van der Waals surface area contributed by atoms with Gasteiger partial charge in [-0.15, -0.1) is 5.10 Å². The van der Waals surface area contributed by atoms with Gasteiger partial charge in [0.1, 0.15) is 5.54 Å². The molecule has 0 bridgehead atoms. The van der Waals surface area contributed by atoms with E-state index < -0.39 is 5.54 Å². The van der Waals surface area contributed by atoms with Crippen LogP contribution in [0.2, 0.25) is 0 Å². The zero-order valence-electron chi connectivity index (χ0n) is 13.0. The fraction of sp³-hybridized carbons (Fsp3) is 0.500. The summed E-state index contributed by atoms with van der Waals surface area (Å²) in [5.41, 5.74) is 1.60. The second-order valence-corrected chi connectivity index (χ2v) is 6.02. The molecule has 1 aromatic carbocycles. The summed E-state index contributed by atoms with van der Waals surface area (Å²) in [5, 5.41) is 15.5. The zero-order valence-corrected chi connectivity index (χ0v) is 13.0. The standard InChI is InChI=1S/C16H21N5O/c1-12-8-4-5-9-14(12)21-15(18-19-20-21)16(17-13(2)22)10-6-3-7-11-16/h4-5,8-9H,3,6-7,10-11H2,1-2H3,(H,17,22). The summed E-state index contributed by atoms with van der Waals surface area (Å²) in [6.07, 6.45) is 5.08. The Morgan fingerprint density at radius 2 is 1.95 bits per heavy atom. The first-order chi connectivity index (χ1) is 10.6. The highest BCUT2D eigenvalue weighted by Crippen LogP contribution is 2.36. The molecule has 1 N–H and O–H groups in total. The summed E-state index contributed by atoms with van der Waals surface area (Å²) in [5.74, 6) is 0.693. The van der Waals surface area contributed by atoms with Gasteiger partial charge >= 0.3 is 0 Å². The number of nitrogens with one attached hydrogen (secondary N) is 1. The Labute approximate surface area is 129 Å². The van der Waals surface area contributed by atoms with Crippen LogP contribution in [0.1, 0.15) is 50.4 Å². The largest absolute Gasteiger partial charge is 0.344 e. The summed E-state index contributed by atoms with van der Waals surface area (Å²) in [4.78, 5) is 11.7. The maximum Gasteiger partial charge on any atom is 0.217 e. The minimum Gasteiger partial charge on any atom is -0.344 e. The molecule has 0 aliphatic heterocycles. The summed E-state index contributed by atoms with van der Waals surface area (Å²) < 4.78 is 1.77. The molecule has 1 aliphatic rings. The monoisotopic (exact) mass is 299 g/mol. The number of carbonyl (C=O) groups excluding carboxylic acids is 1. The molecule has 0 radical (unpaired) electrons. The molecule has 1 saturated carbocycles. The maximum absolute atomic E-state index is 11.7. The molecule has 1 aromatic heterocycles. The molecule has 0 atom stereocenters. The van der Waals surface area contributed by atoms with Crippen LogP contribution in [0.25, 0.3) is 5.69 Å². The van der Waals surface area contributed by atoms with E-state index in [9.17, 15) is 4.79 Å². The lowest BCUT2D eigenvalue weighted by molar-refractivity contribution is -0.121. The van der Waals surface area contributed by atoms with E-state index in [1.54, 1.807) is 11.6 Å². The van der Waals surface area contributed by atoms with E-state index in [0.717, 1.165) is 42.8 Å².